The molecule has 9 nitrogen and oxygen atoms in total. The highest BCUT2D eigenvalue weighted by atomic mass is 16.5. The minimum Gasteiger partial charge on any atom is -0.379 e. The second kappa shape index (κ2) is 9.62. The van der Waals surface area contributed by atoms with E-state index in [2.05, 4.69) is 35.0 Å². The molecular formula is C20H27N7O2. The SMILES string of the molecule is O=C(NCCN1CCOCC1)c1cncc(N2CCN(c3ncccn3)CC2)c1. The molecular weight excluding hydrogens is 370 g/mol. The number of piperazine rings is 1. The Morgan fingerprint density at radius 2 is 1.72 bits per heavy atom. The lowest BCUT2D eigenvalue weighted by molar-refractivity contribution is 0.0383. The van der Waals surface area contributed by atoms with Crippen LogP contribution < -0.4 is 15.1 Å². The highest BCUT2D eigenvalue weighted by Gasteiger charge is 2.20. The van der Waals surface area contributed by atoms with Crippen molar-refractivity contribution in [1.29, 1.82) is 0 Å². The summed E-state index contributed by atoms with van der Waals surface area (Å²) in [6.45, 7) is 8.18. The number of hydrogen-bond donors (Lipinski definition) is 1. The number of pyridine rings is 1. The van der Waals surface area contributed by atoms with Gasteiger partial charge in [0.05, 0.1) is 30.7 Å². The van der Waals surface area contributed by atoms with E-state index in [1.165, 1.54) is 0 Å². The number of carbonyl (C=O) groups is 1. The van der Waals surface area contributed by atoms with Crippen LogP contribution in [-0.2, 0) is 4.74 Å². The minimum absolute atomic E-state index is 0.0797. The van der Waals surface area contributed by atoms with Crippen LogP contribution in [0.15, 0.2) is 36.9 Å². The summed E-state index contributed by atoms with van der Waals surface area (Å²) >= 11 is 0. The molecule has 0 atom stereocenters. The summed E-state index contributed by atoms with van der Waals surface area (Å²) in [4.78, 5) is 32.2. The molecule has 4 heterocycles. The van der Waals surface area contributed by atoms with Crippen LogP contribution in [0.4, 0.5) is 11.6 Å². The Balaban J connectivity index is 1.28. The van der Waals surface area contributed by atoms with Crippen molar-refractivity contribution >= 4 is 17.5 Å². The lowest BCUT2D eigenvalue weighted by Gasteiger charge is -2.35. The van der Waals surface area contributed by atoms with Gasteiger partial charge in [0.1, 0.15) is 0 Å². The standard InChI is InChI=1S/C20H27N7O2/c28-19(22-4-5-25-10-12-29-13-11-25)17-14-18(16-21-15-17)26-6-8-27(9-7-26)20-23-2-1-3-24-20/h1-3,14-16H,4-13H2,(H,22,28). The molecule has 154 valence electrons. The zero-order valence-corrected chi connectivity index (χ0v) is 16.5. The van der Waals surface area contributed by atoms with Crippen molar-refractivity contribution in [1.82, 2.24) is 25.2 Å². The quantitative estimate of drug-likeness (QED) is 0.743. The fourth-order valence-electron chi connectivity index (χ4n) is 3.60. The van der Waals surface area contributed by atoms with E-state index < -0.39 is 0 Å². The van der Waals surface area contributed by atoms with Crippen LogP contribution in [0, 0.1) is 0 Å². The van der Waals surface area contributed by atoms with E-state index >= 15 is 0 Å². The maximum Gasteiger partial charge on any atom is 0.252 e. The van der Waals surface area contributed by atoms with E-state index in [1.54, 1.807) is 18.6 Å². The number of amides is 1. The molecule has 2 fully saturated rings. The second-order valence-electron chi connectivity index (χ2n) is 7.16. The number of aromatic nitrogens is 3. The Labute approximate surface area is 170 Å². The van der Waals surface area contributed by atoms with Gasteiger partial charge in [0.2, 0.25) is 5.95 Å². The van der Waals surface area contributed by atoms with Crippen molar-refractivity contribution in [3.05, 3.63) is 42.5 Å². The van der Waals surface area contributed by atoms with Gasteiger partial charge in [-0.1, -0.05) is 0 Å². The maximum absolute atomic E-state index is 12.5. The lowest BCUT2D eigenvalue weighted by Crippen LogP contribution is -2.47. The molecule has 0 spiro atoms. The van der Waals surface area contributed by atoms with Crippen LogP contribution in [-0.4, -0.2) is 91.3 Å². The van der Waals surface area contributed by atoms with Gasteiger partial charge in [-0.3, -0.25) is 14.7 Å². The molecule has 2 saturated heterocycles. The summed E-state index contributed by atoms with van der Waals surface area (Å²) in [7, 11) is 0. The highest BCUT2D eigenvalue weighted by molar-refractivity contribution is 5.94. The molecule has 0 saturated carbocycles. The number of ether oxygens (including phenoxy) is 1. The molecule has 0 aromatic carbocycles. The van der Waals surface area contributed by atoms with Crippen molar-refractivity contribution < 1.29 is 9.53 Å². The molecule has 0 aliphatic carbocycles. The molecule has 2 aliphatic rings. The molecule has 2 aliphatic heterocycles. The zero-order valence-electron chi connectivity index (χ0n) is 16.5. The van der Waals surface area contributed by atoms with Gasteiger partial charge in [-0.25, -0.2) is 9.97 Å². The van der Waals surface area contributed by atoms with E-state index in [9.17, 15) is 4.79 Å². The van der Waals surface area contributed by atoms with Crippen LogP contribution in [0.5, 0.6) is 0 Å². The van der Waals surface area contributed by atoms with Gasteiger partial charge in [0.15, 0.2) is 0 Å². The number of morpholine rings is 1. The fourth-order valence-corrected chi connectivity index (χ4v) is 3.60. The first-order valence-corrected chi connectivity index (χ1v) is 10.1. The monoisotopic (exact) mass is 397 g/mol. The smallest absolute Gasteiger partial charge is 0.252 e. The summed E-state index contributed by atoms with van der Waals surface area (Å²) in [5.74, 6) is 0.683. The maximum atomic E-state index is 12.5. The van der Waals surface area contributed by atoms with Crippen LogP contribution in [0.1, 0.15) is 10.4 Å². The molecule has 4 rings (SSSR count). The number of carbonyl (C=O) groups excluding carboxylic acids is 1. The zero-order chi connectivity index (χ0) is 19.9. The van der Waals surface area contributed by atoms with Gasteiger partial charge >= 0.3 is 0 Å². The Morgan fingerprint density at radius 1 is 1.00 bits per heavy atom. The lowest BCUT2D eigenvalue weighted by atomic mass is 10.2. The van der Waals surface area contributed by atoms with E-state index in [0.29, 0.717) is 12.1 Å². The molecule has 0 radical (unpaired) electrons. The Bertz CT molecular complexity index is 790. The first kappa shape index (κ1) is 19.5. The van der Waals surface area contributed by atoms with Crippen molar-refractivity contribution in [3.63, 3.8) is 0 Å². The van der Waals surface area contributed by atoms with E-state index in [4.69, 9.17) is 4.74 Å². The molecule has 2 aromatic heterocycles. The Morgan fingerprint density at radius 3 is 2.48 bits per heavy atom. The predicted molar refractivity (Wildman–Crippen MR) is 110 cm³/mol. The molecule has 29 heavy (non-hydrogen) atoms. The topological polar surface area (TPSA) is 86.7 Å². The normalized spacial score (nSPS) is 17.9. The van der Waals surface area contributed by atoms with Gasteiger partial charge in [-0.15, -0.1) is 0 Å². The van der Waals surface area contributed by atoms with Crippen LogP contribution in [0.25, 0.3) is 0 Å². The summed E-state index contributed by atoms with van der Waals surface area (Å²) in [6, 6.07) is 3.74. The van der Waals surface area contributed by atoms with E-state index in [0.717, 1.165) is 70.7 Å². The summed E-state index contributed by atoms with van der Waals surface area (Å²) in [5, 5.41) is 3.00. The first-order valence-electron chi connectivity index (χ1n) is 10.1. The summed E-state index contributed by atoms with van der Waals surface area (Å²) in [5.41, 5.74) is 1.57. The molecule has 0 unspecified atom stereocenters. The van der Waals surface area contributed by atoms with Crippen molar-refractivity contribution in [2.24, 2.45) is 0 Å². The summed E-state index contributed by atoms with van der Waals surface area (Å²) in [6.07, 6.45) is 6.97. The Kier molecular flexibility index (Phi) is 6.48. The van der Waals surface area contributed by atoms with Crippen LogP contribution >= 0.6 is 0 Å². The third kappa shape index (κ3) is 5.18. The van der Waals surface area contributed by atoms with Gasteiger partial charge in [0.25, 0.3) is 5.91 Å². The molecule has 2 aromatic rings. The van der Waals surface area contributed by atoms with Gasteiger partial charge in [-0.2, -0.15) is 0 Å². The fraction of sp³-hybridized carbons (Fsp3) is 0.500. The number of nitrogens with one attached hydrogen (secondary N) is 1. The van der Waals surface area contributed by atoms with Crippen LogP contribution in [0.2, 0.25) is 0 Å². The summed E-state index contributed by atoms with van der Waals surface area (Å²) < 4.78 is 5.35. The highest BCUT2D eigenvalue weighted by Crippen LogP contribution is 2.18. The first-order chi connectivity index (χ1) is 14.3. The number of hydrogen-bond acceptors (Lipinski definition) is 8. The number of rotatable bonds is 6. The van der Waals surface area contributed by atoms with E-state index in [1.807, 2.05) is 18.3 Å². The third-order valence-corrected chi connectivity index (χ3v) is 5.28. The Hall–Kier alpha value is -2.78. The third-order valence-electron chi connectivity index (χ3n) is 5.28. The van der Waals surface area contributed by atoms with Crippen LogP contribution in [0.3, 0.4) is 0 Å². The number of anilines is 2. The molecule has 1 N–H and O–H groups in total. The molecule has 9 heteroatoms. The average Bonchev–Trinajstić information content (AvgIpc) is 2.80. The largest absolute Gasteiger partial charge is 0.379 e. The van der Waals surface area contributed by atoms with Crippen molar-refractivity contribution in [2.75, 3.05) is 75.4 Å². The molecule has 0 bridgehead atoms. The van der Waals surface area contributed by atoms with E-state index in [-0.39, 0.29) is 5.91 Å². The van der Waals surface area contributed by atoms with Crippen molar-refractivity contribution in [2.45, 2.75) is 0 Å². The number of nitrogens with zero attached hydrogens (tertiary/aromatic N) is 6. The van der Waals surface area contributed by atoms with Gasteiger partial charge < -0.3 is 19.9 Å². The van der Waals surface area contributed by atoms with Gasteiger partial charge in [0, 0.05) is 70.9 Å². The van der Waals surface area contributed by atoms with Gasteiger partial charge in [-0.05, 0) is 12.1 Å². The minimum atomic E-state index is -0.0797. The van der Waals surface area contributed by atoms with Crippen molar-refractivity contribution in [3.8, 4) is 0 Å². The molecule has 1 amide bonds. The average molecular weight is 397 g/mol. The predicted octanol–water partition coefficient (Wildman–Crippen LogP) is 0.260. The second-order valence-corrected chi connectivity index (χ2v) is 7.16.